The first kappa shape index (κ1) is 14.9. The van der Waals surface area contributed by atoms with Gasteiger partial charge in [0.05, 0.1) is 4.92 Å². The molecule has 0 aliphatic rings. The van der Waals surface area contributed by atoms with Gasteiger partial charge in [-0.2, -0.15) is 0 Å². The van der Waals surface area contributed by atoms with Crippen LogP contribution in [0.1, 0.15) is 5.56 Å². The van der Waals surface area contributed by atoms with Gasteiger partial charge in [0.25, 0.3) is 6.20 Å². The number of pyridine rings is 1. The van der Waals surface area contributed by atoms with Crippen molar-refractivity contribution in [3.63, 3.8) is 0 Å². The summed E-state index contributed by atoms with van der Waals surface area (Å²) in [6, 6.07) is 3.73. The van der Waals surface area contributed by atoms with Crippen LogP contribution in [-0.4, -0.2) is 42.0 Å². The standard InChI is InChI=1S/C12H19N5O2/c1-16(2)7-6-14-12(10-17(18)19)15-9-11-4-3-5-13-8-11/h3-5,8,10,14-15H,6-7,9H2,1-2H3/b12-10+. The maximum Gasteiger partial charge on any atom is 0.274 e. The van der Waals surface area contributed by atoms with Crippen LogP contribution in [0.15, 0.2) is 36.5 Å². The van der Waals surface area contributed by atoms with Gasteiger partial charge in [0.15, 0.2) is 5.82 Å². The van der Waals surface area contributed by atoms with E-state index >= 15 is 0 Å². The normalized spacial score (nSPS) is 11.4. The number of likely N-dealkylation sites (N-methyl/N-ethyl adjacent to an activating group) is 1. The molecule has 19 heavy (non-hydrogen) atoms. The first-order valence-electron chi connectivity index (χ1n) is 5.94. The summed E-state index contributed by atoms with van der Waals surface area (Å²) in [7, 11) is 3.89. The van der Waals surface area contributed by atoms with E-state index in [-0.39, 0.29) is 0 Å². The van der Waals surface area contributed by atoms with Gasteiger partial charge in [0.1, 0.15) is 0 Å². The van der Waals surface area contributed by atoms with Crippen molar-refractivity contribution in [2.75, 3.05) is 27.2 Å². The van der Waals surface area contributed by atoms with E-state index in [1.807, 2.05) is 31.1 Å². The minimum atomic E-state index is -0.478. The van der Waals surface area contributed by atoms with Gasteiger partial charge in [-0.15, -0.1) is 0 Å². The highest BCUT2D eigenvalue weighted by Crippen LogP contribution is 1.96. The third-order valence-corrected chi connectivity index (χ3v) is 2.31. The largest absolute Gasteiger partial charge is 0.365 e. The van der Waals surface area contributed by atoms with Crippen LogP contribution < -0.4 is 10.6 Å². The fraction of sp³-hybridized carbons (Fsp3) is 0.417. The highest BCUT2D eigenvalue weighted by atomic mass is 16.6. The molecule has 1 aromatic rings. The van der Waals surface area contributed by atoms with Crippen LogP contribution in [0, 0.1) is 10.1 Å². The zero-order chi connectivity index (χ0) is 14.1. The zero-order valence-corrected chi connectivity index (χ0v) is 11.2. The number of nitrogens with zero attached hydrogens (tertiary/aromatic N) is 3. The molecule has 0 aliphatic carbocycles. The molecule has 2 N–H and O–H groups in total. The molecule has 104 valence electrons. The van der Waals surface area contributed by atoms with Gasteiger partial charge in [0, 0.05) is 32.0 Å². The average molecular weight is 265 g/mol. The van der Waals surface area contributed by atoms with Crippen molar-refractivity contribution in [2.24, 2.45) is 0 Å². The molecule has 0 radical (unpaired) electrons. The summed E-state index contributed by atoms with van der Waals surface area (Å²) in [6.07, 6.45) is 4.34. The summed E-state index contributed by atoms with van der Waals surface area (Å²) >= 11 is 0. The molecule has 0 fully saturated rings. The predicted molar refractivity (Wildman–Crippen MR) is 72.7 cm³/mol. The van der Waals surface area contributed by atoms with Crippen molar-refractivity contribution >= 4 is 0 Å². The van der Waals surface area contributed by atoms with Crippen LogP contribution in [0.2, 0.25) is 0 Å². The predicted octanol–water partition coefficient (Wildman–Crippen LogP) is 0.398. The van der Waals surface area contributed by atoms with Crippen LogP contribution >= 0.6 is 0 Å². The van der Waals surface area contributed by atoms with E-state index in [4.69, 9.17) is 0 Å². The second-order valence-electron chi connectivity index (χ2n) is 4.27. The fourth-order valence-corrected chi connectivity index (χ4v) is 1.37. The van der Waals surface area contributed by atoms with E-state index in [1.165, 1.54) is 0 Å². The summed E-state index contributed by atoms with van der Waals surface area (Å²) in [6.45, 7) is 1.92. The van der Waals surface area contributed by atoms with Gasteiger partial charge in [-0.05, 0) is 25.7 Å². The third kappa shape index (κ3) is 6.99. The molecule has 0 bridgehead atoms. The van der Waals surface area contributed by atoms with Gasteiger partial charge in [-0.3, -0.25) is 15.1 Å². The molecular weight excluding hydrogens is 246 g/mol. The first-order valence-corrected chi connectivity index (χ1v) is 5.94. The minimum Gasteiger partial charge on any atom is -0.365 e. The summed E-state index contributed by atoms with van der Waals surface area (Å²) in [5, 5.41) is 16.5. The maximum atomic E-state index is 10.5. The fourth-order valence-electron chi connectivity index (χ4n) is 1.37. The molecule has 0 aliphatic heterocycles. The van der Waals surface area contributed by atoms with Crippen molar-refractivity contribution < 1.29 is 4.92 Å². The highest BCUT2D eigenvalue weighted by molar-refractivity contribution is 5.09. The number of hydrogen-bond acceptors (Lipinski definition) is 6. The monoisotopic (exact) mass is 265 g/mol. The Balaban J connectivity index is 2.48. The number of hydrogen-bond donors (Lipinski definition) is 2. The van der Waals surface area contributed by atoms with E-state index in [2.05, 4.69) is 15.6 Å². The number of aromatic nitrogens is 1. The van der Waals surface area contributed by atoms with Crippen LogP contribution in [0.5, 0.6) is 0 Å². The van der Waals surface area contributed by atoms with Crippen molar-refractivity contribution in [2.45, 2.75) is 6.54 Å². The summed E-state index contributed by atoms with van der Waals surface area (Å²) in [5.74, 6) is 0.399. The second kappa shape index (κ2) is 8.04. The zero-order valence-electron chi connectivity index (χ0n) is 11.2. The summed E-state index contributed by atoms with van der Waals surface area (Å²) in [5.41, 5.74) is 0.964. The quantitative estimate of drug-likeness (QED) is 0.523. The van der Waals surface area contributed by atoms with Gasteiger partial charge in [-0.1, -0.05) is 6.07 Å². The smallest absolute Gasteiger partial charge is 0.274 e. The SMILES string of the molecule is CN(C)CCN/C(=C\[N+](=O)[O-])NCc1cccnc1. The number of nitrogens with one attached hydrogen (secondary N) is 2. The minimum absolute atomic E-state index is 0.399. The molecule has 7 heteroatoms. The molecule has 0 amide bonds. The van der Waals surface area contributed by atoms with Gasteiger partial charge >= 0.3 is 0 Å². The lowest BCUT2D eigenvalue weighted by molar-refractivity contribution is -0.404. The molecule has 0 spiro atoms. The number of rotatable bonds is 8. The molecule has 0 aromatic carbocycles. The third-order valence-electron chi connectivity index (χ3n) is 2.31. The van der Waals surface area contributed by atoms with Crippen molar-refractivity contribution in [3.8, 4) is 0 Å². The molecular formula is C12H19N5O2. The molecule has 0 saturated carbocycles. The molecule has 0 saturated heterocycles. The Labute approximate surface area is 112 Å². The van der Waals surface area contributed by atoms with Crippen molar-refractivity contribution in [1.82, 2.24) is 20.5 Å². The Hall–Kier alpha value is -2.15. The molecule has 1 aromatic heterocycles. The lowest BCUT2D eigenvalue weighted by Crippen LogP contribution is -2.32. The van der Waals surface area contributed by atoms with E-state index in [0.29, 0.717) is 18.9 Å². The van der Waals surface area contributed by atoms with Crippen molar-refractivity contribution in [1.29, 1.82) is 0 Å². The van der Waals surface area contributed by atoms with Crippen LogP contribution in [0.25, 0.3) is 0 Å². The van der Waals surface area contributed by atoms with Crippen LogP contribution in [0.3, 0.4) is 0 Å². The number of nitro groups is 1. The Morgan fingerprint density at radius 1 is 1.53 bits per heavy atom. The Morgan fingerprint density at radius 3 is 2.89 bits per heavy atom. The molecule has 7 nitrogen and oxygen atoms in total. The molecule has 1 heterocycles. The Bertz CT molecular complexity index is 419. The van der Waals surface area contributed by atoms with Crippen LogP contribution in [-0.2, 0) is 6.54 Å². The molecule has 0 unspecified atom stereocenters. The Kier molecular flexibility index (Phi) is 6.31. The topological polar surface area (TPSA) is 83.3 Å². The molecule has 1 rings (SSSR count). The maximum absolute atomic E-state index is 10.5. The average Bonchev–Trinajstić information content (AvgIpc) is 2.36. The highest BCUT2D eigenvalue weighted by Gasteiger charge is 2.02. The van der Waals surface area contributed by atoms with Crippen molar-refractivity contribution in [3.05, 3.63) is 52.2 Å². The van der Waals surface area contributed by atoms with Crippen LogP contribution in [0.4, 0.5) is 0 Å². The second-order valence-corrected chi connectivity index (χ2v) is 4.27. The summed E-state index contributed by atoms with van der Waals surface area (Å²) < 4.78 is 0. The first-order chi connectivity index (χ1) is 9.08. The molecule has 0 atom stereocenters. The van der Waals surface area contributed by atoms with E-state index in [1.54, 1.807) is 12.4 Å². The summed E-state index contributed by atoms with van der Waals surface area (Å²) in [4.78, 5) is 16.1. The van der Waals surface area contributed by atoms with E-state index < -0.39 is 4.92 Å². The Morgan fingerprint density at radius 2 is 2.32 bits per heavy atom. The van der Waals surface area contributed by atoms with Gasteiger partial charge in [0.2, 0.25) is 0 Å². The van der Waals surface area contributed by atoms with Gasteiger partial charge < -0.3 is 15.5 Å². The van der Waals surface area contributed by atoms with Gasteiger partial charge in [-0.25, -0.2) is 0 Å². The van der Waals surface area contributed by atoms with E-state index in [9.17, 15) is 10.1 Å². The van der Waals surface area contributed by atoms with E-state index in [0.717, 1.165) is 18.3 Å². The lowest BCUT2D eigenvalue weighted by atomic mass is 10.3. The lowest BCUT2D eigenvalue weighted by Gasteiger charge is -2.14.